The van der Waals surface area contributed by atoms with Crippen molar-refractivity contribution in [3.8, 4) is 0 Å². The third-order valence-electron chi connectivity index (χ3n) is 2.67. The molecule has 0 fully saturated rings. The Morgan fingerprint density at radius 1 is 1.46 bits per heavy atom. The van der Waals surface area contributed by atoms with Gasteiger partial charge in [0, 0.05) is 9.13 Å². The maximum absolute atomic E-state index is 7.62. The molecule has 0 N–H and O–H groups in total. The lowest BCUT2D eigenvalue weighted by atomic mass is 9.94. The van der Waals surface area contributed by atoms with Gasteiger partial charge in [-0.2, -0.15) is 0 Å². The van der Waals surface area contributed by atoms with Crippen LogP contribution in [0.2, 0.25) is 5.02 Å². The van der Waals surface area contributed by atoms with Gasteiger partial charge in [0.2, 0.25) is 0 Å². The van der Waals surface area contributed by atoms with Crippen LogP contribution in [0.5, 0.6) is 0 Å². The van der Waals surface area contributed by atoms with Crippen LogP contribution in [0.3, 0.4) is 0 Å². The first-order chi connectivity index (χ1) is 7.48. The van der Waals surface area contributed by atoms with Crippen molar-refractivity contribution in [2.24, 2.45) is 0 Å². The third kappa shape index (κ3) is 1.88. The van der Waals surface area contributed by atoms with Crippen LogP contribution in [0.1, 0.15) is 47.3 Å². The van der Waals surface area contributed by atoms with E-state index in [1.54, 1.807) is 0 Å². The van der Waals surface area contributed by atoms with E-state index in [4.69, 9.17) is 15.7 Å². The molecule has 1 aliphatic carbocycles. The lowest BCUT2D eigenvalue weighted by Gasteiger charge is -2.12. The number of hydrogen-bond acceptors (Lipinski definition) is 0. The fraction of sp³-hybridized carbons (Fsp3) is 0.500. The van der Waals surface area contributed by atoms with Gasteiger partial charge in [0.1, 0.15) is 0 Å². The molecule has 0 radical (unpaired) electrons. The molecule has 1 aromatic rings. The largest absolute Gasteiger partial charge is 0.0843 e. The van der Waals surface area contributed by atoms with Crippen molar-refractivity contribution in [1.82, 2.24) is 0 Å². The highest BCUT2D eigenvalue weighted by atomic mass is 35.5. The molecule has 1 atom stereocenters. The van der Waals surface area contributed by atoms with Crippen molar-refractivity contribution in [2.45, 2.75) is 38.5 Å². The molecule has 0 spiro atoms. The molecule has 2 rings (SSSR count). The zero-order valence-electron chi connectivity index (χ0n) is 10.5. The highest BCUT2D eigenvalue weighted by molar-refractivity contribution is 6.30. The summed E-state index contributed by atoms with van der Waals surface area (Å²) < 4.78 is 22.8. The van der Waals surface area contributed by atoms with Crippen LogP contribution in [0.25, 0.3) is 0 Å². The molecule has 0 saturated carbocycles. The standard InChI is InChI=1S/C12H15Cl/c1-9-4-2-3-5-10-6-7-11(13)8-12(9)10/h6-9H,2-5H2,1H3/t9-/m0/s1/i1D3. The molecule has 13 heavy (non-hydrogen) atoms. The molecule has 0 saturated heterocycles. The Labute approximate surface area is 89.1 Å². The monoisotopic (exact) mass is 197 g/mol. The van der Waals surface area contributed by atoms with E-state index >= 15 is 0 Å². The summed E-state index contributed by atoms with van der Waals surface area (Å²) in [4.78, 5) is 0. The number of hydrogen-bond donors (Lipinski definition) is 0. The van der Waals surface area contributed by atoms with Crippen LogP contribution in [-0.4, -0.2) is 0 Å². The zero-order chi connectivity index (χ0) is 11.8. The summed E-state index contributed by atoms with van der Waals surface area (Å²) in [6.07, 6.45) is 3.76. The molecule has 0 aromatic heterocycles. The van der Waals surface area contributed by atoms with Crippen LogP contribution in [0.4, 0.5) is 0 Å². The van der Waals surface area contributed by atoms with E-state index in [1.165, 1.54) is 0 Å². The Bertz CT molecular complexity index is 384. The molecule has 0 amide bonds. The molecule has 0 aliphatic heterocycles. The quantitative estimate of drug-likeness (QED) is 0.548. The number of benzene rings is 1. The van der Waals surface area contributed by atoms with Crippen molar-refractivity contribution in [1.29, 1.82) is 0 Å². The molecular formula is C12H15Cl. The average Bonchev–Trinajstić information content (AvgIpc) is 2.38. The molecule has 70 valence electrons. The first-order valence-corrected chi connectivity index (χ1v) is 5.14. The minimum atomic E-state index is -1.91. The molecule has 0 heterocycles. The molecule has 0 bridgehead atoms. The molecule has 1 heteroatoms. The van der Waals surface area contributed by atoms with Crippen molar-refractivity contribution in [3.05, 3.63) is 34.3 Å². The smallest absolute Gasteiger partial charge is 0.0409 e. The van der Waals surface area contributed by atoms with Gasteiger partial charge in [-0.1, -0.05) is 30.9 Å². The summed E-state index contributed by atoms with van der Waals surface area (Å²) in [5.41, 5.74) is 2.09. The van der Waals surface area contributed by atoms with E-state index in [9.17, 15) is 0 Å². The van der Waals surface area contributed by atoms with Gasteiger partial charge in [-0.3, -0.25) is 0 Å². The maximum atomic E-state index is 7.62. The molecule has 0 unspecified atom stereocenters. The summed E-state index contributed by atoms with van der Waals surface area (Å²) >= 11 is 5.96. The van der Waals surface area contributed by atoms with Gasteiger partial charge in [-0.25, -0.2) is 0 Å². The average molecular weight is 198 g/mol. The van der Waals surface area contributed by atoms with Crippen LogP contribution < -0.4 is 0 Å². The number of aryl methyl sites for hydroxylation is 1. The van der Waals surface area contributed by atoms with E-state index in [-0.39, 0.29) is 5.92 Å². The van der Waals surface area contributed by atoms with Gasteiger partial charge in [0.05, 0.1) is 0 Å². The van der Waals surface area contributed by atoms with Gasteiger partial charge in [-0.15, -0.1) is 0 Å². The fourth-order valence-corrected chi connectivity index (χ4v) is 2.12. The van der Waals surface area contributed by atoms with E-state index in [0.717, 1.165) is 36.8 Å². The second kappa shape index (κ2) is 3.71. The van der Waals surface area contributed by atoms with Crippen LogP contribution in [-0.2, 0) is 6.42 Å². The zero-order valence-corrected chi connectivity index (χ0v) is 8.27. The Morgan fingerprint density at radius 3 is 3.23 bits per heavy atom. The SMILES string of the molecule is [2H]C([2H])([2H])[C@H]1CCCCc2ccc(Cl)cc21. The van der Waals surface area contributed by atoms with Crippen molar-refractivity contribution in [2.75, 3.05) is 0 Å². The first-order valence-electron chi connectivity index (χ1n) is 6.27. The maximum Gasteiger partial charge on any atom is 0.0409 e. The fourth-order valence-electron chi connectivity index (χ4n) is 1.94. The minimum absolute atomic E-state index is 0.344. The Balaban J connectivity index is 2.47. The van der Waals surface area contributed by atoms with E-state index < -0.39 is 6.85 Å². The van der Waals surface area contributed by atoms with Gasteiger partial charge < -0.3 is 0 Å². The lowest BCUT2D eigenvalue weighted by molar-refractivity contribution is 0.635. The normalized spacial score (nSPS) is 26.5. The third-order valence-corrected chi connectivity index (χ3v) is 2.91. The lowest BCUT2D eigenvalue weighted by Crippen LogP contribution is -1.95. The molecule has 1 aliphatic rings. The van der Waals surface area contributed by atoms with E-state index in [2.05, 4.69) is 0 Å². The van der Waals surface area contributed by atoms with Gasteiger partial charge >= 0.3 is 0 Å². The summed E-state index contributed by atoms with van der Waals surface area (Å²) in [5.74, 6) is -0.344. The number of halogens is 1. The molecular weight excluding hydrogens is 180 g/mol. The Hall–Kier alpha value is -0.490. The molecule has 0 nitrogen and oxygen atoms in total. The predicted octanol–water partition coefficient (Wildman–Crippen LogP) is 4.17. The summed E-state index contributed by atoms with van der Waals surface area (Å²) in [6.45, 7) is -1.91. The summed E-state index contributed by atoms with van der Waals surface area (Å²) in [7, 11) is 0. The van der Waals surface area contributed by atoms with E-state index in [0.29, 0.717) is 5.02 Å². The Kier molecular flexibility index (Phi) is 1.74. The highest BCUT2D eigenvalue weighted by Crippen LogP contribution is 2.31. The summed E-state index contributed by atoms with van der Waals surface area (Å²) in [5, 5.41) is 0.634. The number of fused-ring (bicyclic) bond motifs is 1. The van der Waals surface area contributed by atoms with E-state index in [1.807, 2.05) is 18.2 Å². The van der Waals surface area contributed by atoms with Crippen LogP contribution in [0.15, 0.2) is 18.2 Å². The highest BCUT2D eigenvalue weighted by Gasteiger charge is 2.14. The second-order valence-electron chi connectivity index (χ2n) is 3.64. The van der Waals surface area contributed by atoms with Crippen molar-refractivity contribution >= 4 is 11.6 Å². The number of rotatable bonds is 0. The summed E-state index contributed by atoms with van der Waals surface area (Å²) in [6, 6.07) is 5.66. The van der Waals surface area contributed by atoms with Gasteiger partial charge in [0.25, 0.3) is 0 Å². The van der Waals surface area contributed by atoms with Crippen molar-refractivity contribution in [3.63, 3.8) is 0 Å². The van der Waals surface area contributed by atoms with Gasteiger partial charge in [0.15, 0.2) is 0 Å². The van der Waals surface area contributed by atoms with Crippen molar-refractivity contribution < 1.29 is 4.11 Å². The van der Waals surface area contributed by atoms with Gasteiger partial charge in [-0.05, 0) is 48.4 Å². The second-order valence-corrected chi connectivity index (χ2v) is 4.08. The molecule has 1 aromatic carbocycles. The topological polar surface area (TPSA) is 0 Å². The van der Waals surface area contributed by atoms with Crippen LogP contribution >= 0.6 is 11.6 Å². The predicted molar refractivity (Wildman–Crippen MR) is 57.4 cm³/mol. The Morgan fingerprint density at radius 2 is 2.38 bits per heavy atom. The minimum Gasteiger partial charge on any atom is -0.0843 e. The van der Waals surface area contributed by atoms with Crippen LogP contribution in [0, 0.1) is 0 Å². The first kappa shape index (κ1) is 6.08.